The summed E-state index contributed by atoms with van der Waals surface area (Å²) in [6, 6.07) is -0.255. The van der Waals surface area contributed by atoms with Crippen molar-refractivity contribution in [3.63, 3.8) is 0 Å². The van der Waals surface area contributed by atoms with Gasteiger partial charge in [0.05, 0.1) is 6.26 Å². The lowest BCUT2D eigenvalue weighted by molar-refractivity contribution is -0.125. The maximum absolute atomic E-state index is 11.8. The van der Waals surface area contributed by atoms with E-state index in [2.05, 4.69) is 10.0 Å². The maximum Gasteiger partial charge on any atom is 0.224 e. The van der Waals surface area contributed by atoms with Gasteiger partial charge in [-0.3, -0.25) is 4.79 Å². The second kappa shape index (κ2) is 6.67. The van der Waals surface area contributed by atoms with Crippen molar-refractivity contribution in [1.82, 2.24) is 10.0 Å². The molecule has 0 aromatic carbocycles. The molecule has 1 fully saturated rings. The van der Waals surface area contributed by atoms with Crippen LogP contribution in [0.4, 0.5) is 0 Å². The lowest BCUT2D eigenvalue weighted by Gasteiger charge is -2.22. The fraction of sp³-hybridized carbons (Fsp3) is 0.917. The van der Waals surface area contributed by atoms with Gasteiger partial charge < -0.3 is 11.1 Å². The van der Waals surface area contributed by atoms with Crippen LogP contribution in [0.25, 0.3) is 0 Å². The van der Waals surface area contributed by atoms with Crippen molar-refractivity contribution < 1.29 is 13.2 Å². The van der Waals surface area contributed by atoms with Crippen molar-refractivity contribution in [2.75, 3.05) is 12.8 Å². The molecular weight excluding hydrogens is 266 g/mol. The average molecular weight is 291 g/mol. The standard InChI is InChI=1S/C12H25N3O3S/c1-8(9(2)13)12(16)14-7-10-5-4-6-11(10)15-19(3,17)18/h8-11,15H,4-7,13H2,1-3H3,(H,14,16). The van der Waals surface area contributed by atoms with Crippen molar-refractivity contribution in [3.05, 3.63) is 0 Å². The van der Waals surface area contributed by atoms with E-state index in [0.717, 1.165) is 19.3 Å². The Kier molecular flexibility index (Phi) is 5.76. The second-order valence-corrected chi connectivity index (χ2v) is 7.36. The lowest BCUT2D eigenvalue weighted by Crippen LogP contribution is -2.44. The van der Waals surface area contributed by atoms with Gasteiger partial charge in [0.2, 0.25) is 15.9 Å². The Morgan fingerprint density at radius 2 is 2.00 bits per heavy atom. The average Bonchev–Trinajstić information content (AvgIpc) is 2.69. The van der Waals surface area contributed by atoms with E-state index >= 15 is 0 Å². The molecule has 19 heavy (non-hydrogen) atoms. The van der Waals surface area contributed by atoms with Crippen molar-refractivity contribution >= 4 is 15.9 Å². The number of rotatable bonds is 6. The molecular formula is C12H25N3O3S. The molecule has 4 unspecified atom stereocenters. The van der Waals surface area contributed by atoms with Gasteiger partial charge in [0, 0.05) is 24.5 Å². The molecule has 0 bridgehead atoms. The van der Waals surface area contributed by atoms with E-state index in [-0.39, 0.29) is 29.8 Å². The summed E-state index contributed by atoms with van der Waals surface area (Å²) in [7, 11) is -3.19. The van der Waals surface area contributed by atoms with E-state index in [0.29, 0.717) is 6.54 Å². The summed E-state index contributed by atoms with van der Waals surface area (Å²) in [4.78, 5) is 11.8. The minimum atomic E-state index is -3.19. The van der Waals surface area contributed by atoms with Gasteiger partial charge in [0.25, 0.3) is 0 Å². The number of nitrogens with two attached hydrogens (primary N) is 1. The third-order valence-electron chi connectivity index (χ3n) is 3.77. The Labute approximate surface area is 115 Å². The topological polar surface area (TPSA) is 101 Å². The Hall–Kier alpha value is -0.660. The summed E-state index contributed by atoms with van der Waals surface area (Å²) >= 11 is 0. The summed E-state index contributed by atoms with van der Waals surface area (Å²) in [5.41, 5.74) is 5.68. The highest BCUT2D eigenvalue weighted by atomic mass is 32.2. The Morgan fingerprint density at radius 3 is 2.53 bits per heavy atom. The third kappa shape index (κ3) is 5.46. The molecule has 1 saturated carbocycles. The van der Waals surface area contributed by atoms with Crippen LogP contribution in [0.2, 0.25) is 0 Å². The quantitative estimate of drug-likeness (QED) is 0.631. The van der Waals surface area contributed by atoms with Gasteiger partial charge in [-0.1, -0.05) is 13.3 Å². The van der Waals surface area contributed by atoms with Crippen molar-refractivity contribution in [2.45, 2.75) is 45.2 Å². The molecule has 112 valence electrons. The van der Waals surface area contributed by atoms with E-state index < -0.39 is 10.0 Å². The van der Waals surface area contributed by atoms with Gasteiger partial charge in [0.15, 0.2) is 0 Å². The van der Waals surface area contributed by atoms with Gasteiger partial charge in [-0.05, 0) is 25.7 Å². The molecule has 6 nitrogen and oxygen atoms in total. The number of nitrogens with one attached hydrogen (secondary N) is 2. The van der Waals surface area contributed by atoms with Crippen molar-refractivity contribution in [3.8, 4) is 0 Å². The molecule has 0 aromatic rings. The zero-order valence-corrected chi connectivity index (χ0v) is 12.7. The molecule has 0 heterocycles. The Morgan fingerprint density at radius 1 is 1.37 bits per heavy atom. The highest BCUT2D eigenvalue weighted by Gasteiger charge is 2.30. The zero-order valence-electron chi connectivity index (χ0n) is 11.8. The summed E-state index contributed by atoms with van der Waals surface area (Å²) in [6.07, 6.45) is 3.91. The highest BCUT2D eigenvalue weighted by molar-refractivity contribution is 7.88. The SMILES string of the molecule is CC(N)C(C)C(=O)NCC1CCCC1NS(C)(=O)=O. The number of amides is 1. The van der Waals surface area contributed by atoms with Gasteiger partial charge in [-0.15, -0.1) is 0 Å². The molecule has 1 aliphatic rings. The first-order chi connectivity index (χ1) is 8.70. The summed E-state index contributed by atoms with van der Waals surface area (Å²) < 4.78 is 25.1. The summed E-state index contributed by atoms with van der Waals surface area (Å²) in [5, 5.41) is 2.87. The van der Waals surface area contributed by atoms with Crippen LogP contribution in [0.3, 0.4) is 0 Å². The smallest absolute Gasteiger partial charge is 0.224 e. The Bertz CT molecular complexity index is 408. The molecule has 0 spiro atoms. The predicted octanol–water partition coefficient (Wildman–Crippen LogP) is -0.196. The molecule has 0 aliphatic heterocycles. The van der Waals surface area contributed by atoms with E-state index in [1.807, 2.05) is 0 Å². The first-order valence-corrected chi connectivity index (χ1v) is 8.60. The second-order valence-electron chi connectivity index (χ2n) is 5.58. The molecule has 4 atom stereocenters. The van der Waals surface area contributed by atoms with Gasteiger partial charge in [0.1, 0.15) is 0 Å². The summed E-state index contributed by atoms with van der Waals surface area (Å²) in [5.74, 6) is -0.137. The van der Waals surface area contributed by atoms with Crippen LogP contribution in [-0.2, 0) is 14.8 Å². The predicted molar refractivity (Wildman–Crippen MR) is 74.9 cm³/mol. The molecule has 4 N–H and O–H groups in total. The molecule has 1 amide bonds. The zero-order chi connectivity index (χ0) is 14.6. The molecule has 0 saturated heterocycles. The van der Waals surface area contributed by atoms with Crippen LogP contribution in [0.1, 0.15) is 33.1 Å². The van der Waals surface area contributed by atoms with Crippen LogP contribution in [0, 0.1) is 11.8 Å². The van der Waals surface area contributed by atoms with Gasteiger partial charge in [-0.2, -0.15) is 0 Å². The van der Waals surface area contributed by atoms with Crippen LogP contribution >= 0.6 is 0 Å². The monoisotopic (exact) mass is 291 g/mol. The van der Waals surface area contributed by atoms with E-state index in [9.17, 15) is 13.2 Å². The first-order valence-electron chi connectivity index (χ1n) is 6.71. The number of sulfonamides is 1. The fourth-order valence-electron chi connectivity index (χ4n) is 2.34. The van der Waals surface area contributed by atoms with Crippen molar-refractivity contribution in [1.29, 1.82) is 0 Å². The lowest BCUT2D eigenvalue weighted by atomic mass is 10.0. The molecule has 0 radical (unpaired) electrons. The first kappa shape index (κ1) is 16.4. The largest absolute Gasteiger partial charge is 0.355 e. The van der Waals surface area contributed by atoms with Crippen LogP contribution < -0.4 is 15.8 Å². The minimum Gasteiger partial charge on any atom is -0.355 e. The van der Waals surface area contributed by atoms with E-state index in [1.54, 1.807) is 13.8 Å². The van der Waals surface area contributed by atoms with Crippen LogP contribution in [0.5, 0.6) is 0 Å². The molecule has 7 heteroatoms. The Balaban J connectivity index is 2.46. The molecule has 0 aromatic heterocycles. The van der Waals surface area contributed by atoms with E-state index in [1.165, 1.54) is 6.26 Å². The number of hydrogen-bond donors (Lipinski definition) is 3. The van der Waals surface area contributed by atoms with Crippen molar-refractivity contribution in [2.24, 2.45) is 17.6 Å². The minimum absolute atomic E-state index is 0.0686. The molecule has 1 aliphatic carbocycles. The third-order valence-corrected chi connectivity index (χ3v) is 4.50. The van der Waals surface area contributed by atoms with Crippen LogP contribution in [0.15, 0.2) is 0 Å². The van der Waals surface area contributed by atoms with Gasteiger partial charge in [-0.25, -0.2) is 13.1 Å². The number of carbonyl (C=O) groups is 1. The number of hydrogen-bond acceptors (Lipinski definition) is 4. The normalized spacial score (nSPS) is 26.9. The highest BCUT2D eigenvalue weighted by Crippen LogP contribution is 2.25. The van der Waals surface area contributed by atoms with E-state index in [4.69, 9.17) is 5.73 Å². The van der Waals surface area contributed by atoms with Gasteiger partial charge >= 0.3 is 0 Å². The number of carbonyl (C=O) groups excluding carboxylic acids is 1. The molecule has 1 rings (SSSR count). The fourth-order valence-corrected chi connectivity index (χ4v) is 3.20. The maximum atomic E-state index is 11.8. The summed E-state index contributed by atoms with van der Waals surface area (Å²) in [6.45, 7) is 4.10. The van der Waals surface area contributed by atoms with Crippen LogP contribution in [-0.4, -0.2) is 39.2 Å².